The van der Waals surface area contributed by atoms with Crippen LogP contribution in [-0.4, -0.2) is 35.6 Å². The molecule has 0 aliphatic carbocycles. The molecule has 0 bridgehead atoms. The Morgan fingerprint density at radius 3 is 3.00 bits per heavy atom. The van der Waals surface area contributed by atoms with Crippen LogP contribution in [0.4, 0.5) is 0 Å². The van der Waals surface area contributed by atoms with Crippen LogP contribution in [0.5, 0.6) is 0 Å². The zero-order chi connectivity index (χ0) is 17.4. The lowest BCUT2D eigenvalue weighted by Crippen LogP contribution is -2.35. The van der Waals surface area contributed by atoms with E-state index in [4.69, 9.17) is 16.1 Å². The smallest absolute Gasteiger partial charge is 0.223 e. The molecule has 1 aromatic carbocycles. The molecule has 1 N–H and O–H groups in total. The molecule has 3 heterocycles. The van der Waals surface area contributed by atoms with E-state index in [1.165, 1.54) is 11.1 Å². The number of likely N-dealkylation sites (tertiary alicyclic amines) is 1. The van der Waals surface area contributed by atoms with Crippen LogP contribution in [0.3, 0.4) is 0 Å². The molecular weight excluding hydrogens is 338 g/mol. The Morgan fingerprint density at radius 2 is 2.24 bits per heavy atom. The second-order valence-electron chi connectivity index (χ2n) is 7.05. The molecule has 132 valence electrons. The van der Waals surface area contributed by atoms with Gasteiger partial charge >= 0.3 is 0 Å². The van der Waals surface area contributed by atoms with E-state index in [0.29, 0.717) is 35.6 Å². The Hall–Kier alpha value is -1.85. The Bertz CT molecular complexity index is 776. The van der Waals surface area contributed by atoms with Gasteiger partial charge < -0.3 is 14.7 Å². The molecule has 6 heteroatoms. The van der Waals surface area contributed by atoms with E-state index < -0.39 is 0 Å². The van der Waals surface area contributed by atoms with E-state index >= 15 is 0 Å². The molecule has 5 nitrogen and oxygen atoms in total. The summed E-state index contributed by atoms with van der Waals surface area (Å²) in [6.07, 6.45) is 0.948. The number of rotatable bonds is 4. The highest BCUT2D eigenvalue weighted by molar-refractivity contribution is 6.29. The van der Waals surface area contributed by atoms with Crippen LogP contribution in [0.15, 0.2) is 34.9 Å². The number of amides is 1. The van der Waals surface area contributed by atoms with E-state index in [2.05, 4.69) is 46.6 Å². The first kappa shape index (κ1) is 16.6. The fourth-order valence-electron chi connectivity index (χ4n) is 4.27. The van der Waals surface area contributed by atoms with Gasteiger partial charge in [0.2, 0.25) is 5.91 Å². The number of hydrogen-bond donors (Lipinski definition) is 1. The minimum absolute atomic E-state index is 0.159. The van der Waals surface area contributed by atoms with Gasteiger partial charge in [-0.25, -0.2) is 0 Å². The molecular formula is C19H22ClN3O2. The number of hydrogen-bond acceptors (Lipinski definition) is 4. The maximum absolute atomic E-state index is 13.0. The van der Waals surface area contributed by atoms with Crippen molar-refractivity contribution >= 4 is 17.5 Å². The average Bonchev–Trinajstić information content (AvgIpc) is 3.29. The predicted molar refractivity (Wildman–Crippen MR) is 95.3 cm³/mol. The molecule has 2 aliphatic rings. The maximum Gasteiger partial charge on any atom is 0.223 e. The topological polar surface area (TPSA) is 58.4 Å². The van der Waals surface area contributed by atoms with Crippen LogP contribution in [0.25, 0.3) is 0 Å². The monoisotopic (exact) mass is 359 g/mol. The lowest BCUT2D eigenvalue weighted by Gasteiger charge is -2.29. The first-order chi connectivity index (χ1) is 12.1. The predicted octanol–water partition coefficient (Wildman–Crippen LogP) is 2.99. The molecule has 2 saturated heterocycles. The lowest BCUT2D eigenvalue weighted by molar-refractivity contribution is -0.132. The molecule has 0 spiro atoms. The fourth-order valence-corrected chi connectivity index (χ4v) is 4.43. The van der Waals surface area contributed by atoms with Crippen LogP contribution in [0.1, 0.15) is 29.3 Å². The Labute approximate surface area is 152 Å². The summed E-state index contributed by atoms with van der Waals surface area (Å²) in [6.45, 7) is 4.93. The maximum atomic E-state index is 13.0. The second-order valence-corrected chi connectivity index (χ2v) is 7.43. The molecule has 2 aromatic rings. The summed E-state index contributed by atoms with van der Waals surface area (Å²) in [6, 6.07) is 10.2. The minimum atomic E-state index is 0.159. The van der Waals surface area contributed by atoms with Crippen LogP contribution >= 0.6 is 11.6 Å². The summed E-state index contributed by atoms with van der Waals surface area (Å²) >= 11 is 5.78. The third-order valence-corrected chi connectivity index (χ3v) is 5.69. The van der Waals surface area contributed by atoms with Gasteiger partial charge in [0.25, 0.3) is 0 Å². The molecule has 1 amide bonds. The van der Waals surface area contributed by atoms with Gasteiger partial charge in [-0.05, 0) is 24.0 Å². The Morgan fingerprint density at radius 1 is 1.40 bits per heavy atom. The number of halogens is 1. The molecule has 0 radical (unpaired) electrons. The quantitative estimate of drug-likeness (QED) is 0.911. The van der Waals surface area contributed by atoms with Crippen molar-refractivity contribution in [2.45, 2.75) is 25.8 Å². The van der Waals surface area contributed by atoms with Crippen molar-refractivity contribution < 1.29 is 9.32 Å². The van der Waals surface area contributed by atoms with E-state index in [9.17, 15) is 4.79 Å². The van der Waals surface area contributed by atoms with Crippen molar-refractivity contribution in [3.8, 4) is 0 Å². The van der Waals surface area contributed by atoms with Crippen LogP contribution in [0.2, 0.25) is 5.15 Å². The summed E-state index contributed by atoms with van der Waals surface area (Å²) in [4.78, 5) is 15.0. The minimum Gasteiger partial charge on any atom is -0.360 e. The molecule has 1 aromatic heterocycles. The van der Waals surface area contributed by atoms with E-state index in [0.717, 1.165) is 19.6 Å². The standard InChI is InChI=1S/C19H22ClN3O2/c1-12-4-2-3-5-15(12)19-16-10-21-9-13(16)11-23(19)18(24)7-6-14-8-17(20)22-25-14/h2-5,8,13,16,19,21H,6-7,9-11H2,1H3/t13-,16-,19-/m0/s1. The number of carbonyl (C=O) groups is 1. The highest BCUT2D eigenvalue weighted by Crippen LogP contribution is 2.43. The van der Waals surface area contributed by atoms with Crippen molar-refractivity contribution in [3.05, 3.63) is 52.4 Å². The summed E-state index contributed by atoms with van der Waals surface area (Å²) in [5.74, 6) is 1.86. The van der Waals surface area contributed by atoms with Crippen molar-refractivity contribution in [2.24, 2.45) is 11.8 Å². The van der Waals surface area contributed by atoms with Gasteiger partial charge in [0.15, 0.2) is 5.15 Å². The number of aryl methyl sites for hydroxylation is 2. The Kier molecular flexibility index (Phi) is 4.52. The van der Waals surface area contributed by atoms with Gasteiger partial charge in [0.05, 0.1) is 6.04 Å². The van der Waals surface area contributed by atoms with Gasteiger partial charge in [0.1, 0.15) is 5.76 Å². The molecule has 0 saturated carbocycles. The number of carbonyl (C=O) groups excluding carboxylic acids is 1. The summed E-state index contributed by atoms with van der Waals surface area (Å²) in [5, 5.41) is 7.49. The number of aromatic nitrogens is 1. The zero-order valence-electron chi connectivity index (χ0n) is 14.2. The largest absolute Gasteiger partial charge is 0.360 e. The number of benzene rings is 1. The molecule has 0 unspecified atom stereocenters. The first-order valence-corrected chi connectivity index (χ1v) is 9.18. The van der Waals surface area contributed by atoms with Crippen molar-refractivity contribution in [1.29, 1.82) is 0 Å². The van der Waals surface area contributed by atoms with Gasteiger partial charge in [-0.2, -0.15) is 0 Å². The molecule has 2 fully saturated rings. The SMILES string of the molecule is Cc1ccccc1[C@H]1[C@H]2CNC[C@H]2CN1C(=O)CCc1cc(Cl)no1. The highest BCUT2D eigenvalue weighted by Gasteiger charge is 2.46. The summed E-state index contributed by atoms with van der Waals surface area (Å²) < 4.78 is 5.12. The fraction of sp³-hybridized carbons (Fsp3) is 0.474. The van der Waals surface area contributed by atoms with Crippen LogP contribution < -0.4 is 5.32 Å². The second kappa shape index (κ2) is 6.81. The van der Waals surface area contributed by atoms with Crippen LogP contribution in [-0.2, 0) is 11.2 Å². The zero-order valence-corrected chi connectivity index (χ0v) is 15.0. The highest BCUT2D eigenvalue weighted by atomic mass is 35.5. The van der Waals surface area contributed by atoms with Gasteiger partial charge in [-0.15, -0.1) is 0 Å². The summed E-state index contributed by atoms with van der Waals surface area (Å²) in [7, 11) is 0. The average molecular weight is 360 g/mol. The van der Waals surface area contributed by atoms with Gasteiger partial charge in [-0.1, -0.05) is 41.0 Å². The lowest BCUT2D eigenvalue weighted by atomic mass is 9.87. The van der Waals surface area contributed by atoms with Crippen LogP contribution in [0, 0.1) is 18.8 Å². The Balaban J connectivity index is 1.54. The van der Waals surface area contributed by atoms with E-state index in [1.807, 2.05) is 0 Å². The van der Waals surface area contributed by atoms with E-state index in [1.54, 1.807) is 6.07 Å². The third-order valence-electron chi connectivity index (χ3n) is 5.51. The van der Waals surface area contributed by atoms with Crippen molar-refractivity contribution in [2.75, 3.05) is 19.6 Å². The summed E-state index contributed by atoms with van der Waals surface area (Å²) in [5.41, 5.74) is 2.52. The van der Waals surface area contributed by atoms with Gasteiger partial charge in [0, 0.05) is 44.5 Å². The number of nitrogens with one attached hydrogen (secondary N) is 1. The molecule has 25 heavy (non-hydrogen) atoms. The number of fused-ring (bicyclic) bond motifs is 1. The van der Waals surface area contributed by atoms with E-state index in [-0.39, 0.29) is 11.9 Å². The van der Waals surface area contributed by atoms with Crippen molar-refractivity contribution in [1.82, 2.24) is 15.4 Å². The number of nitrogens with zero attached hydrogens (tertiary/aromatic N) is 2. The van der Waals surface area contributed by atoms with Crippen molar-refractivity contribution in [3.63, 3.8) is 0 Å². The molecule has 2 aliphatic heterocycles. The first-order valence-electron chi connectivity index (χ1n) is 8.80. The van der Waals surface area contributed by atoms with Gasteiger partial charge in [-0.3, -0.25) is 4.79 Å². The molecule has 4 rings (SSSR count). The third kappa shape index (κ3) is 3.18. The molecule has 3 atom stereocenters. The normalized spacial score (nSPS) is 25.4.